The standard InChI is InChI=1S/C16H17N3O/c1-11-13(7-5-9-17-11)18-14-10-16(20)19(2)15-8-4-3-6-12(14)15/h3-9,14,18H,10H2,1-2H3. The summed E-state index contributed by atoms with van der Waals surface area (Å²) in [5.41, 5.74) is 4.04. The molecule has 0 radical (unpaired) electrons. The molecule has 102 valence electrons. The molecule has 0 bridgehead atoms. The summed E-state index contributed by atoms with van der Waals surface area (Å²) in [6.07, 6.45) is 2.23. The maximum absolute atomic E-state index is 12.1. The van der Waals surface area contributed by atoms with Crippen LogP contribution in [0.5, 0.6) is 0 Å². The predicted octanol–water partition coefficient (Wildman–Crippen LogP) is 2.91. The van der Waals surface area contributed by atoms with Gasteiger partial charge in [0.1, 0.15) is 0 Å². The lowest BCUT2D eigenvalue weighted by Gasteiger charge is -2.32. The van der Waals surface area contributed by atoms with Gasteiger partial charge in [-0.25, -0.2) is 0 Å². The molecule has 1 N–H and O–H groups in total. The van der Waals surface area contributed by atoms with Crippen molar-refractivity contribution in [1.29, 1.82) is 0 Å². The van der Waals surface area contributed by atoms with Crippen LogP contribution in [0.15, 0.2) is 42.6 Å². The van der Waals surface area contributed by atoms with E-state index in [2.05, 4.69) is 16.4 Å². The second-order valence-corrected chi connectivity index (χ2v) is 5.05. The third kappa shape index (κ3) is 2.13. The van der Waals surface area contributed by atoms with Gasteiger partial charge in [-0.3, -0.25) is 9.78 Å². The molecule has 0 saturated heterocycles. The molecule has 2 heterocycles. The molecule has 1 aromatic carbocycles. The lowest BCUT2D eigenvalue weighted by molar-refractivity contribution is -0.118. The van der Waals surface area contributed by atoms with Crippen molar-refractivity contribution in [3.05, 3.63) is 53.9 Å². The van der Waals surface area contributed by atoms with Crippen LogP contribution in [0.3, 0.4) is 0 Å². The predicted molar refractivity (Wildman–Crippen MR) is 79.8 cm³/mol. The van der Waals surface area contributed by atoms with Gasteiger partial charge in [0, 0.05) is 18.9 Å². The summed E-state index contributed by atoms with van der Waals surface area (Å²) in [4.78, 5) is 18.1. The molecule has 1 amide bonds. The first-order valence-electron chi connectivity index (χ1n) is 6.70. The van der Waals surface area contributed by atoms with Crippen LogP contribution < -0.4 is 10.2 Å². The van der Waals surface area contributed by atoms with Crippen LogP contribution in [0.25, 0.3) is 0 Å². The van der Waals surface area contributed by atoms with Gasteiger partial charge < -0.3 is 10.2 Å². The fraction of sp³-hybridized carbons (Fsp3) is 0.250. The number of aromatic nitrogens is 1. The number of carbonyl (C=O) groups excluding carboxylic acids is 1. The van der Waals surface area contributed by atoms with Crippen molar-refractivity contribution in [3.63, 3.8) is 0 Å². The van der Waals surface area contributed by atoms with Crippen molar-refractivity contribution in [2.75, 3.05) is 17.3 Å². The number of carbonyl (C=O) groups is 1. The van der Waals surface area contributed by atoms with Crippen LogP contribution in [-0.4, -0.2) is 17.9 Å². The van der Waals surface area contributed by atoms with Crippen molar-refractivity contribution in [2.45, 2.75) is 19.4 Å². The minimum atomic E-state index is -0.00204. The van der Waals surface area contributed by atoms with Gasteiger partial charge in [0.2, 0.25) is 5.91 Å². The second kappa shape index (κ2) is 4.96. The first-order chi connectivity index (χ1) is 9.66. The molecule has 0 saturated carbocycles. The highest BCUT2D eigenvalue weighted by Gasteiger charge is 2.28. The van der Waals surface area contributed by atoms with Crippen molar-refractivity contribution in [2.24, 2.45) is 0 Å². The monoisotopic (exact) mass is 267 g/mol. The molecule has 2 aromatic rings. The number of hydrogen-bond donors (Lipinski definition) is 1. The Labute approximate surface area is 118 Å². The van der Waals surface area contributed by atoms with Crippen molar-refractivity contribution < 1.29 is 4.79 Å². The van der Waals surface area contributed by atoms with Crippen LogP contribution >= 0.6 is 0 Å². The van der Waals surface area contributed by atoms with Gasteiger partial charge in [0.15, 0.2) is 0 Å². The highest BCUT2D eigenvalue weighted by molar-refractivity contribution is 5.97. The fourth-order valence-electron chi connectivity index (χ4n) is 2.60. The van der Waals surface area contributed by atoms with E-state index in [1.165, 1.54) is 0 Å². The van der Waals surface area contributed by atoms with E-state index in [-0.39, 0.29) is 11.9 Å². The van der Waals surface area contributed by atoms with Crippen molar-refractivity contribution in [3.8, 4) is 0 Å². The summed E-state index contributed by atoms with van der Waals surface area (Å²) in [7, 11) is 1.83. The number of amides is 1. The Hall–Kier alpha value is -2.36. The average Bonchev–Trinajstić information content (AvgIpc) is 2.47. The number of benzene rings is 1. The number of fused-ring (bicyclic) bond motifs is 1. The molecule has 0 spiro atoms. The van der Waals surface area contributed by atoms with E-state index in [1.54, 1.807) is 11.1 Å². The van der Waals surface area contributed by atoms with E-state index in [1.807, 2.05) is 44.3 Å². The highest BCUT2D eigenvalue weighted by Crippen LogP contribution is 2.35. The zero-order chi connectivity index (χ0) is 14.1. The van der Waals surface area contributed by atoms with Gasteiger partial charge in [0.25, 0.3) is 0 Å². The van der Waals surface area contributed by atoms with E-state index in [0.717, 1.165) is 22.6 Å². The molecule has 4 nitrogen and oxygen atoms in total. The topological polar surface area (TPSA) is 45.2 Å². The zero-order valence-electron chi connectivity index (χ0n) is 11.6. The lowest BCUT2D eigenvalue weighted by Crippen LogP contribution is -2.35. The number of anilines is 2. The third-order valence-electron chi connectivity index (χ3n) is 3.76. The Balaban J connectivity index is 1.97. The van der Waals surface area contributed by atoms with Crippen molar-refractivity contribution >= 4 is 17.3 Å². The summed E-state index contributed by atoms with van der Waals surface area (Å²) >= 11 is 0. The number of hydrogen-bond acceptors (Lipinski definition) is 3. The minimum Gasteiger partial charge on any atom is -0.376 e. The number of pyridine rings is 1. The Morgan fingerprint density at radius 1 is 1.25 bits per heavy atom. The van der Waals surface area contributed by atoms with Gasteiger partial charge in [0.05, 0.1) is 23.8 Å². The van der Waals surface area contributed by atoms with Crippen LogP contribution in [-0.2, 0) is 4.79 Å². The van der Waals surface area contributed by atoms with E-state index in [0.29, 0.717) is 6.42 Å². The lowest BCUT2D eigenvalue weighted by atomic mass is 9.96. The number of rotatable bonds is 2. The average molecular weight is 267 g/mol. The summed E-state index contributed by atoms with van der Waals surface area (Å²) in [6, 6.07) is 11.9. The Bertz CT molecular complexity index is 654. The molecule has 1 unspecified atom stereocenters. The number of nitrogens with one attached hydrogen (secondary N) is 1. The third-order valence-corrected chi connectivity index (χ3v) is 3.76. The largest absolute Gasteiger partial charge is 0.376 e. The molecule has 1 aromatic heterocycles. The SMILES string of the molecule is Cc1ncccc1NC1CC(=O)N(C)c2ccccc21. The second-order valence-electron chi connectivity index (χ2n) is 5.05. The first-order valence-corrected chi connectivity index (χ1v) is 6.70. The molecular formula is C16H17N3O. The zero-order valence-corrected chi connectivity index (χ0v) is 11.6. The molecule has 20 heavy (non-hydrogen) atoms. The summed E-state index contributed by atoms with van der Waals surface area (Å²) in [5.74, 6) is 0.128. The first kappa shape index (κ1) is 12.7. The molecule has 1 aliphatic heterocycles. The maximum Gasteiger partial charge on any atom is 0.229 e. The number of nitrogens with zero attached hydrogens (tertiary/aromatic N) is 2. The molecule has 0 fully saturated rings. The van der Waals surface area contributed by atoms with Gasteiger partial charge in [-0.15, -0.1) is 0 Å². The van der Waals surface area contributed by atoms with Gasteiger partial charge in [-0.1, -0.05) is 18.2 Å². The molecule has 1 atom stereocenters. The maximum atomic E-state index is 12.1. The van der Waals surface area contributed by atoms with E-state index in [4.69, 9.17) is 0 Å². The quantitative estimate of drug-likeness (QED) is 0.910. The summed E-state index contributed by atoms with van der Waals surface area (Å²) in [6.45, 7) is 1.96. The highest BCUT2D eigenvalue weighted by atomic mass is 16.2. The Kier molecular flexibility index (Phi) is 3.14. The molecule has 0 aliphatic carbocycles. The van der Waals surface area contributed by atoms with Crippen LogP contribution in [0.4, 0.5) is 11.4 Å². The van der Waals surface area contributed by atoms with E-state index in [9.17, 15) is 4.79 Å². The van der Waals surface area contributed by atoms with Gasteiger partial charge in [-0.2, -0.15) is 0 Å². The van der Waals surface area contributed by atoms with Crippen LogP contribution in [0.2, 0.25) is 0 Å². The summed E-state index contributed by atoms with van der Waals surface area (Å²) < 4.78 is 0. The van der Waals surface area contributed by atoms with E-state index < -0.39 is 0 Å². The molecular weight excluding hydrogens is 250 g/mol. The van der Waals surface area contributed by atoms with Crippen LogP contribution in [0, 0.1) is 6.92 Å². The molecule has 1 aliphatic rings. The van der Waals surface area contributed by atoms with Crippen LogP contribution in [0.1, 0.15) is 23.7 Å². The number of para-hydroxylation sites is 1. The molecule has 4 heteroatoms. The van der Waals surface area contributed by atoms with E-state index >= 15 is 0 Å². The van der Waals surface area contributed by atoms with Gasteiger partial charge in [-0.05, 0) is 30.7 Å². The minimum absolute atomic E-state index is 0.00204. The Morgan fingerprint density at radius 2 is 2.05 bits per heavy atom. The Morgan fingerprint density at radius 3 is 2.85 bits per heavy atom. The van der Waals surface area contributed by atoms with Gasteiger partial charge >= 0.3 is 0 Å². The number of aryl methyl sites for hydroxylation is 1. The van der Waals surface area contributed by atoms with Crippen molar-refractivity contribution in [1.82, 2.24) is 4.98 Å². The summed E-state index contributed by atoms with van der Waals surface area (Å²) in [5, 5.41) is 3.45. The molecule has 3 rings (SSSR count). The smallest absolute Gasteiger partial charge is 0.229 e. The fourth-order valence-corrected chi connectivity index (χ4v) is 2.60. The normalized spacial score (nSPS) is 17.8.